The molecule has 0 radical (unpaired) electrons. The first-order valence-corrected chi connectivity index (χ1v) is 4.55. The summed E-state index contributed by atoms with van der Waals surface area (Å²) in [6, 6.07) is 0.267. The van der Waals surface area contributed by atoms with Gasteiger partial charge in [-0.15, -0.1) is 10.2 Å². The smallest absolute Gasteiger partial charge is 0.149 e. The van der Waals surface area contributed by atoms with Gasteiger partial charge < -0.3 is 9.67 Å². The van der Waals surface area contributed by atoms with Gasteiger partial charge in [-0.3, -0.25) is 4.90 Å². The van der Waals surface area contributed by atoms with Crippen molar-refractivity contribution < 1.29 is 5.11 Å². The molecule has 0 saturated carbocycles. The molecule has 1 aromatic heterocycles. The summed E-state index contributed by atoms with van der Waals surface area (Å²) in [4.78, 5) is 2.21. The molecule has 5 heteroatoms. The highest BCUT2D eigenvalue weighted by atomic mass is 16.3. The number of rotatable bonds is 2. The molecule has 72 valence electrons. The number of fused-ring (bicyclic) bond motifs is 1. The molecule has 2 heterocycles. The number of aliphatic hydroxyl groups excluding tert-OH is 1. The van der Waals surface area contributed by atoms with Gasteiger partial charge in [0.25, 0.3) is 0 Å². The zero-order valence-corrected chi connectivity index (χ0v) is 7.72. The van der Waals surface area contributed by atoms with E-state index in [4.69, 9.17) is 5.11 Å². The van der Waals surface area contributed by atoms with E-state index in [2.05, 4.69) is 26.6 Å². The fourth-order valence-electron chi connectivity index (χ4n) is 1.79. The zero-order valence-electron chi connectivity index (χ0n) is 7.72. The van der Waals surface area contributed by atoms with Crippen LogP contribution >= 0.6 is 0 Å². The Hall–Kier alpha value is -0.940. The van der Waals surface area contributed by atoms with E-state index in [1.165, 1.54) is 0 Å². The van der Waals surface area contributed by atoms with E-state index in [1.807, 2.05) is 0 Å². The molecule has 0 bridgehead atoms. The maximum Gasteiger partial charge on any atom is 0.149 e. The molecule has 1 N–H and O–H groups in total. The maximum absolute atomic E-state index is 8.85. The lowest BCUT2D eigenvalue weighted by atomic mass is 10.2. The van der Waals surface area contributed by atoms with E-state index in [-0.39, 0.29) is 12.6 Å². The molecule has 1 aromatic rings. The van der Waals surface area contributed by atoms with Gasteiger partial charge in [0.1, 0.15) is 12.2 Å². The number of nitrogens with zero attached hydrogens (tertiary/aromatic N) is 4. The van der Waals surface area contributed by atoms with Gasteiger partial charge in [-0.1, -0.05) is 0 Å². The first-order valence-electron chi connectivity index (χ1n) is 4.55. The first-order chi connectivity index (χ1) is 6.33. The minimum absolute atomic E-state index is 0.207. The largest absolute Gasteiger partial charge is 0.395 e. The van der Waals surface area contributed by atoms with Gasteiger partial charge in [-0.25, -0.2) is 0 Å². The highest BCUT2D eigenvalue weighted by Crippen LogP contribution is 2.21. The van der Waals surface area contributed by atoms with Crippen LogP contribution in [0.15, 0.2) is 6.33 Å². The van der Waals surface area contributed by atoms with Gasteiger partial charge in [0.05, 0.1) is 12.6 Å². The monoisotopic (exact) mass is 182 g/mol. The predicted molar refractivity (Wildman–Crippen MR) is 47.1 cm³/mol. The first kappa shape index (κ1) is 8.65. The second kappa shape index (κ2) is 3.43. The van der Waals surface area contributed by atoms with Gasteiger partial charge in [0.15, 0.2) is 0 Å². The molecule has 1 unspecified atom stereocenters. The Balaban J connectivity index is 2.17. The molecule has 1 aliphatic heterocycles. The van der Waals surface area contributed by atoms with Crippen molar-refractivity contribution in [2.45, 2.75) is 19.5 Å². The number of hydrogen-bond acceptors (Lipinski definition) is 4. The molecule has 5 nitrogen and oxygen atoms in total. The van der Waals surface area contributed by atoms with E-state index >= 15 is 0 Å². The zero-order chi connectivity index (χ0) is 9.26. The Kier molecular flexibility index (Phi) is 2.28. The van der Waals surface area contributed by atoms with Crippen LogP contribution in [0.4, 0.5) is 0 Å². The van der Waals surface area contributed by atoms with E-state index < -0.39 is 0 Å². The van der Waals surface area contributed by atoms with Crippen LogP contribution < -0.4 is 0 Å². The quantitative estimate of drug-likeness (QED) is 0.679. The van der Waals surface area contributed by atoms with Gasteiger partial charge in [-0.2, -0.15) is 0 Å². The molecule has 0 saturated heterocycles. The average molecular weight is 182 g/mol. The third kappa shape index (κ3) is 1.45. The minimum Gasteiger partial charge on any atom is -0.395 e. The summed E-state index contributed by atoms with van der Waals surface area (Å²) in [6.07, 6.45) is 1.77. The van der Waals surface area contributed by atoms with E-state index in [9.17, 15) is 0 Å². The Labute approximate surface area is 77.0 Å². The van der Waals surface area contributed by atoms with Crippen LogP contribution in [0.5, 0.6) is 0 Å². The molecule has 0 fully saturated rings. The molecular weight excluding hydrogens is 168 g/mol. The molecule has 2 rings (SSSR count). The molecule has 0 amide bonds. The van der Waals surface area contributed by atoms with Crippen LogP contribution in [-0.4, -0.2) is 44.5 Å². The lowest BCUT2D eigenvalue weighted by molar-refractivity contribution is 0.129. The molecule has 0 aliphatic carbocycles. The summed E-state index contributed by atoms with van der Waals surface area (Å²) < 4.78 is 2.07. The van der Waals surface area contributed by atoms with Crippen LogP contribution in [0.25, 0.3) is 0 Å². The van der Waals surface area contributed by atoms with E-state index in [0.29, 0.717) is 6.54 Å². The van der Waals surface area contributed by atoms with E-state index in [0.717, 1.165) is 18.9 Å². The number of hydrogen-bond donors (Lipinski definition) is 1. The van der Waals surface area contributed by atoms with E-state index in [1.54, 1.807) is 6.33 Å². The van der Waals surface area contributed by atoms with Gasteiger partial charge in [0, 0.05) is 19.6 Å². The molecule has 1 aliphatic rings. The van der Waals surface area contributed by atoms with Crippen molar-refractivity contribution in [1.29, 1.82) is 0 Å². The van der Waals surface area contributed by atoms with Gasteiger partial charge in [-0.05, 0) is 6.92 Å². The lowest BCUT2D eigenvalue weighted by Gasteiger charge is -2.32. The van der Waals surface area contributed by atoms with Crippen LogP contribution in [0.1, 0.15) is 18.8 Å². The Morgan fingerprint density at radius 2 is 2.46 bits per heavy atom. The fraction of sp³-hybridized carbons (Fsp3) is 0.750. The number of aliphatic hydroxyl groups is 1. The van der Waals surface area contributed by atoms with Crippen molar-refractivity contribution in [2.24, 2.45) is 0 Å². The maximum atomic E-state index is 8.85. The molecular formula is C8H14N4O. The highest BCUT2D eigenvalue weighted by molar-refractivity contribution is 4.97. The van der Waals surface area contributed by atoms with Crippen molar-refractivity contribution in [3.05, 3.63) is 12.2 Å². The summed E-state index contributed by atoms with van der Waals surface area (Å²) in [5, 5.41) is 16.8. The molecule has 0 spiro atoms. The second-order valence-corrected chi connectivity index (χ2v) is 3.32. The van der Waals surface area contributed by atoms with Crippen molar-refractivity contribution >= 4 is 0 Å². The summed E-state index contributed by atoms with van der Waals surface area (Å²) in [6.45, 7) is 4.90. The predicted octanol–water partition coefficient (Wildman–Crippen LogP) is -0.353. The third-order valence-electron chi connectivity index (χ3n) is 2.58. The van der Waals surface area contributed by atoms with Crippen LogP contribution in [0, 0.1) is 0 Å². The summed E-state index contributed by atoms with van der Waals surface area (Å²) in [5.41, 5.74) is 0. The third-order valence-corrected chi connectivity index (χ3v) is 2.58. The van der Waals surface area contributed by atoms with Crippen molar-refractivity contribution in [2.75, 3.05) is 19.7 Å². The second-order valence-electron chi connectivity index (χ2n) is 3.32. The van der Waals surface area contributed by atoms with Gasteiger partial charge >= 0.3 is 0 Å². The fourth-order valence-corrected chi connectivity index (χ4v) is 1.79. The summed E-state index contributed by atoms with van der Waals surface area (Å²) in [5.74, 6) is 1.000. The Morgan fingerprint density at radius 3 is 3.23 bits per heavy atom. The van der Waals surface area contributed by atoms with Crippen LogP contribution in [0.2, 0.25) is 0 Å². The normalized spacial score (nSPS) is 23.1. The standard InChI is InChI=1S/C8H14N4O/c1-7-8-10-9-6-12(8)3-2-11(7)4-5-13/h6-7,13H,2-5H2,1H3. The Bertz CT molecular complexity index is 285. The number of aromatic nitrogens is 3. The lowest BCUT2D eigenvalue weighted by Crippen LogP contribution is -2.38. The highest BCUT2D eigenvalue weighted by Gasteiger charge is 2.24. The van der Waals surface area contributed by atoms with Crippen LogP contribution in [0.3, 0.4) is 0 Å². The molecule has 13 heavy (non-hydrogen) atoms. The topological polar surface area (TPSA) is 54.2 Å². The minimum atomic E-state index is 0.207. The molecule has 1 atom stereocenters. The SMILES string of the molecule is CC1c2nncn2CCN1CCO. The summed E-state index contributed by atoms with van der Waals surface area (Å²) >= 11 is 0. The van der Waals surface area contributed by atoms with Crippen molar-refractivity contribution in [1.82, 2.24) is 19.7 Å². The molecule has 0 aromatic carbocycles. The van der Waals surface area contributed by atoms with Crippen LogP contribution in [-0.2, 0) is 6.54 Å². The van der Waals surface area contributed by atoms with Crippen molar-refractivity contribution in [3.8, 4) is 0 Å². The summed E-state index contributed by atoms with van der Waals surface area (Å²) in [7, 11) is 0. The van der Waals surface area contributed by atoms with Gasteiger partial charge in [0.2, 0.25) is 0 Å². The average Bonchev–Trinajstić information content (AvgIpc) is 2.58. The number of β-amino-alcohol motifs (C(OH)–C–C–N with tert-alkyl or cyclic N) is 1. The Morgan fingerprint density at radius 1 is 1.62 bits per heavy atom. The van der Waals surface area contributed by atoms with Crippen molar-refractivity contribution in [3.63, 3.8) is 0 Å².